The third-order valence-corrected chi connectivity index (χ3v) is 6.91. The van der Waals surface area contributed by atoms with Crippen molar-refractivity contribution in [3.8, 4) is 5.75 Å². The lowest BCUT2D eigenvalue weighted by Crippen LogP contribution is -2.29. The van der Waals surface area contributed by atoms with Crippen molar-refractivity contribution in [2.24, 2.45) is 0 Å². The lowest BCUT2D eigenvalue weighted by atomic mass is 10.0. The van der Waals surface area contributed by atoms with Crippen molar-refractivity contribution < 1.29 is 4.74 Å². The van der Waals surface area contributed by atoms with Crippen LogP contribution in [0.4, 0.5) is 5.69 Å². The van der Waals surface area contributed by atoms with Crippen molar-refractivity contribution in [3.05, 3.63) is 76.7 Å². The van der Waals surface area contributed by atoms with Crippen molar-refractivity contribution in [1.82, 2.24) is 10.3 Å². The molecule has 1 aliphatic carbocycles. The van der Waals surface area contributed by atoms with E-state index >= 15 is 0 Å². The van der Waals surface area contributed by atoms with E-state index in [1.54, 1.807) is 11.3 Å². The Kier molecular flexibility index (Phi) is 5.21. The molecule has 1 N–H and O–H groups in total. The smallest absolute Gasteiger partial charge is 0.174 e. The molecule has 1 saturated heterocycles. The molecule has 0 spiro atoms. The number of hydrogen-bond acceptors (Lipinski definition) is 4. The van der Waals surface area contributed by atoms with Gasteiger partial charge >= 0.3 is 0 Å². The predicted octanol–water partition coefficient (Wildman–Crippen LogP) is 5.64. The van der Waals surface area contributed by atoms with Gasteiger partial charge in [-0.2, -0.15) is 0 Å². The van der Waals surface area contributed by atoms with Crippen LogP contribution in [0.3, 0.4) is 0 Å². The summed E-state index contributed by atoms with van der Waals surface area (Å²) in [6.07, 6.45) is 7.07. The topological polar surface area (TPSA) is 37.4 Å². The van der Waals surface area contributed by atoms with Crippen molar-refractivity contribution >= 4 is 34.4 Å². The Bertz CT molecular complexity index is 954. The van der Waals surface area contributed by atoms with Crippen LogP contribution in [0.15, 0.2) is 66.2 Å². The maximum atomic E-state index is 6.13. The van der Waals surface area contributed by atoms with Gasteiger partial charge in [-0.05, 0) is 85.7 Å². The molecule has 2 atom stereocenters. The lowest BCUT2D eigenvalue weighted by molar-refractivity contribution is 0.210. The third-order valence-electron chi connectivity index (χ3n) is 5.65. The minimum atomic E-state index is 0.0109. The first kappa shape index (κ1) is 18.6. The van der Waals surface area contributed by atoms with Crippen LogP contribution < -0.4 is 15.0 Å². The first-order valence-corrected chi connectivity index (χ1v) is 11.4. The molecule has 3 heterocycles. The zero-order valence-electron chi connectivity index (χ0n) is 16.0. The molecular formula is C23H23N3OS2. The minimum Gasteiger partial charge on any atom is -0.490 e. The van der Waals surface area contributed by atoms with E-state index in [4.69, 9.17) is 17.0 Å². The van der Waals surface area contributed by atoms with E-state index in [2.05, 4.69) is 63.0 Å². The maximum absolute atomic E-state index is 6.13. The van der Waals surface area contributed by atoms with Crippen molar-refractivity contribution in [3.63, 3.8) is 0 Å². The summed E-state index contributed by atoms with van der Waals surface area (Å²) in [6.45, 7) is 0. The van der Waals surface area contributed by atoms with E-state index < -0.39 is 0 Å². The van der Waals surface area contributed by atoms with Gasteiger partial charge < -0.3 is 15.0 Å². The van der Waals surface area contributed by atoms with Crippen LogP contribution in [0.1, 0.15) is 48.3 Å². The normalized spacial score (nSPS) is 22.1. The van der Waals surface area contributed by atoms with E-state index in [0.29, 0.717) is 6.10 Å². The number of thiocarbonyl (C=S) groups is 1. The standard InChI is InChI=1S/C23H23N3OS2/c28-23-25-21(19-8-3-4-14-24-19)22(20-9-5-15-29-20)26(23)16-10-12-18(13-11-16)27-17-6-1-2-7-17/h3-5,8-15,17,21-22H,1-2,6-7H2,(H,25,28)/t21-,22+/m0/s1. The summed E-state index contributed by atoms with van der Waals surface area (Å²) in [5.41, 5.74) is 2.06. The molecule has 5 rings (SSSR count). The number of nitrogens with one attached hydrogen (secondary N) is 1. The molecule has 1 aliphatic heterocycles. The molecule has 0 radical (unpaired) electrons. The van der Waals surface area contributed by atoms with Crippen LogP contribution in [0.5, 0.6) is 5.75 Å². The molecule has 4 nitrogen and oxygen atoms in total. The van der Waals surface area contributed by atoms with E-state index in [0.717, 1.165) is 35.1 Å². The fourth-order valence-electron chi connectivity index (χ4n) is 4.27. The number of aromatic nitrogens is 1. The molecule has 2 aromatic heterocycles. The fraction of sp³-hybridized carbons (Fsp3) is 0.304. The van der Waals surface area contributed by atoms with Crippen molar-refractivity contribution in [1.29, 1.82) is 0 Å². The average Bonchev–Trinajstić information content (AvgIpc) is 3.50. The monoisotopic (exact) mass is 421 g/mol. The van der Waals surface area contributed by atoms with Crippen LogP contribution in [0.2, 0.25) is 0 Å². The first-order chi connectivity index (χ1) is 14.3. The van der Waals surface area contributed by atoms with Crippen LogP contribution in [0.25, 0.3) is 0 Å². The van der Waals surface area contributed by atoms with Gasteiger partial charge in [-0.3, -0.25) is 4.98 Å². The number of ether oxygens (including phenoxy) is 1. The molecule has 0 unspecified atom stereocenters. The lowest BCUT2D eigenvalue weighted by Gasteiger charge is -2.27. The Labute approximate surface area is 180 Å². The molecule has 1 saturated carbocycles. The summed E-state index contributed by atoms with van der Waals surface area (Å²) >= 11 is 7.51. The van der Waals surface area contributed by atoms with Gasteiger partial charge in [-0.15, -0.1) is 11.3 Å². The Morgan fingerprint density at radius 1 is 1.03 bits per heavy atom. The highest BCUT2D eigenvalue weighted by Crippen LogP contribution is 2.43. The Morgan fingerprint density at radius 3 is 2.55 bits per heavy atom. The molecule has 3 aromatic rings. The van der Waals surface area contributed by atoms with Gasteiger partial charge in [-0.25, -0.2) is 0 Å². The van der Waals surface area contributed by atoms with Crippen molar-refractivity contribution in [2.45, 2.75) is 43.9 Å². The summed E-state index contributed by atoms with van der Waals surface area (Å²) in [7, 11) is 0. The molecule has 2 fully saturated rings. The van der Waals surface area contributed by atoms with Crippen LogP contribution >= 0.6 is 23.6 Å². The van der Waals surface area contributed by atoms with Gasteiger partial charge in [0.05, 0.1) is 23.9 Å². The zero-order chi connectivity index (χ0) is 19.6. The largest absolute Gasteiger partial charge is 0.490 e. The molecule has 1 aromatic carbocycles. The summed E-state index contributed by atoms with van der Waals surface area (Å²) in [5, 5.41) is 6.34. The second-order valence-electron chi connectivity index (χ2n) is 7.53. The highest BCUT2D eigenvalue weighted by Gasteiger charge is 2.41. The Morgan fingerprint density at radius 2 is 1.86 bits per heavy atom. The van der Waals surface area contributed by atoms with Crippen LogP contribution in [-0.2, 0) is 0 Å². The number of rotatable bonds is 5. The van der Waals surface area contributed by atoms with E-state index in [-0.39, 0.29) is 12.1 Å². The summed E-state index contributed by atoms with van der Waals surface area (Å²) in [5.74, 6) is 0.938. The zero-order valence-corrected chi connectivity index (χ0v) is 17.7. The summed E-state index contributed by atoms with van der Waals surface area (Å²) in [4.78, 5) is 8.06. The summed E-state index contributed by atoms with van der Waals surface area (Å²) in [6, 6.07) is 18.7. The van der Waals surface area contributed by atoms with Gasteiger partial charge in [-0.1, -0.05) is 12.1 Å². The number of pyridine rings is 1. The Balaban J connectivity index is 1.45. The van der Waals surface area contributed by atoms with Gasteiger partial charge in [0.15, 0.2) is 5.11 Å². The first-order valence-electron chi connectivity index (χ1n) is 10.1. The average molecular weight is 422 g/mol. The highest BCUT2D eigenvalue weighted by atomic mass is 32.1. The maximum Gasteiger partial charge on any atom is 0.174 e. The molecule has 0 amide bonds. The molecule has 29 heavy (non-hydrogen) atoms. The van der Waals surface area contributed by atoms with Crippen LogP contribution in [-0.4, -0.2) is 16.2 Å². The van der Waals surface area contributed by atoms with Gasteiger partial charge in [0.25, 0.3) is 0 Å². The molecular weight excluding hydrogens is 398 g/mol. The third kappa shape index (κ3) is 3.74. The fourth-order valence-corrected chi connectivity index (χ4v) is 5.46. The number of anilines is 1. The van der Waals surface area contributed by atoms with Gasteiger partial charge in [0.1, 0.15) is 5.75 Å². The van der Waals surface area contributed by atoms with Crippen LogP contribution in [0, 0.1) is 0 Å². The second kappa shape index (κ2) is 8.13. The number of hydrogen-bond donors (Lipinski definition) is 1. The molecule has 148 valence electrons. The summed E-state index contributed by atoms with van der Waals surface area (Å²) < 4.78 is 6.13. The quantitative estimate of drug-likeness (QED) is 0.540. The van der Waals surface area contributed by atoms with Gasteiger partial charge in [0, 0.05) is 16.8 Å². The van der Waals surface area contributed by atoms with Crippen molar-refractivity contribution in [2.75, 3.05) is 4.90 Å². The van der Waals surface area contributed by atoms with Gasteiger partial charge in [0.2, 0.25) is 0 Å². The van der Waals surface area contributed by atoms with E-state index in [9.17, 15) is 0 Å². The van der Waals surface area contributed by atoms with E-state index in [1.165, 1.54) is 17.7 Å². The Hall–Kier alpha value is -2.44. The van der Waals surface area contributed by atoms with E-state index in [1.807, 2.05) is 18.3 Å². The number of benzene rings is 1. The number of thiophene rings is 1. The second-order valence-corrected chi connectivity index (χ2v) is 8.90. The highest BCUT2D eigenvalue weighted by molar-refractivity contribution is 7.80. The SMILES string of the molecule is S=C1N[C@@H](c2ccccn2)[C@@H](c2cccs2)N1c1ccc(OC2CCCC2)cc1. The number of nitrogens with zero attached hydrogens (tertiary/aromatic N) is 2. The minimum absolute atomic E-state index is 0.0109. The molecule has 0 bridgehead atoms. The molecule has 2 aliphatic rings. The molecule has 6 heteroatoms. The predicted molar refractivity (Wildman–Crippen MR) is 122 cm³/mol.